The molecule has 0 aliphatic heterocycles. The molecular formula is C7H5F4NS. The van der Waals surface area contributed by atoms with Crippen LogP contribution >= 0.6 is 11.8 Å². The van der Waals surface area contributed by atoms with Gasteiger partial charge in [0.2, 0.25) is 0 Å². The van der Waals surface area contributed by atoms with Crippen molar-refractivity contribution in [3.63, 3.8) is 0 Å². The standard InChI is InChI=1S/C7H5F4NS/c8-5-3-4(1-2-6(5)12)13-7(9,10)11/h1-3H,12H2. The third-order valence-electron chi connectivity index (χ3n) is 1.21. The number of anilines is 1. The Kier molecular flexibility index (Phi) is 2.70. The van der Waals surface area contributed by atoms with E-state index in [2.05, 4.69) is 0 Å². The number of halogens is 4. The van der Waals surface area contributed by atoms with Gasteiger partial charge in [0.1, 0.15) is 5.82 Å². The monoisotopic (exact) mass is 211 g/mol. The van der Waals surface area contributed by atoms with Gasteiger partial charge in [0, 0.05) is 4.90 Å². The zero-order valence-electron chi connectivity index (χ0n) is 6.23. The molecule has 0 aromatic heterocycles. The van der Waals surface area contributed by atoms with Crippen LogP contribution in [-0.2, 0) is 0 Å². The van der Waals surface area contributed by atoms with Crippen LogP contribution in [0.4, 0.5) is 23.2 Å². The van der Waals surface area contributed by atoms with E-state index in [0.29, 0.717) is 0 Å². The van der Waals surface area contributed by atoms with Crippen LogP contribution in [0, 0.1) is 5.82 Å². The van der Waals surface area contributed by atoms with Crippen molar-refractivity contribution in [1.29, 1.82) is 0 Å². The van der Waals surface area contributed by atoms with Crippen LogP contribution in [-0.4, -0.2) is 5.51 Å². The summed E-state index contributed by atoms with van der Waals surface area (Å²) in [5, 5.41) is 0. The molecule has 0 aliphatic carbocycles. The molecule has 13 heavy (non-hydrogen) atoms. The lowest BCUT2D eigenvalue weighted by Gasteiger charge is -2.05. The number of thioether (sulfide) groups is 1. The Hall–Kier alpha value is -0.910. The third-order valence-corrected chi connectivity index (χ3v) is 1.93. The molecule has 1 aromatic carbocycles. The molecule has 6 heteroatoms. The maximum absolute atomic E-state index is 12.6. The molecule has 1 aromatic rings. The second kappa shape index (κ2) is 3.45. The van der Waals surface area contributed by atoms with Gasteiger partial charge in [-0.05, 0) is 30.0 Å². The molecular weight excluding hydrogens is 206 g/mol. The quantitative estimate of drug-likeness (QED) is 0.439. The Balaban J connectivity index is 2.86. The van der Waals surface area contributed by atoms with E-state index >= 15 is 0 Å². The molecule has 0 fully saturated rings. The minimum atomic E-state index is -4.40. The minimum absolute atomic E-state index is 0.161. The average Bonchev–Trinajstić information content (AvgIpc) is 1.94. The third kappa shape index (κ3) is 3.14. The van der Waals surface area contributed by atoms with Crippen molar-refractivity contribution in [1.82, 2.24) is 0 Å². The zero-order valence-corrected chi connectivity index (χ0v) is 7.05. The Labute approximate surface area is 75.9 Å². The van der Waals surface area contributed by atoms with Crippen molar-refractivity contribution >= 4 is 17.4 Å². The predicted molar refractivity (Wildman–Crippen MR) is 42.7 cm³/mol. The fourth-order valence-corrected chi connectivity index (χ4v) is 1.27. The van der Waals surface area contributed by atoms with Crippen molar-refractivity contribution in [2.24, 2.45) is 0 Å². The van der Waals surface area contributed by atoms with E-state index in [1.165, 1.54) is 0 Å². The highest BCUT2D eigenvalue weighted by molar-refractivity contribution is 8.00. The minimum Gasteiger partial charge on any atom is -0.396 e. The summed E-state index contributed by atoms with van der Waals surface area (Å²) in [7, 11) is 0. The average molecular weight is 211 g/mol. The maximum atomic E-state index is 12.6. The number of rotatable bonds is 1. The predicted octanol–water partition coefficient (Wildman–Crippen LogP) is 3.02. The van der Waals surface area contributed by atoms with Gasteiger partial charge in [-0.15, -0.1) is 0 Å². The van der Waals surface area contributed by atoms with Gasteiger partial charge in [0.25, 0.3) is 0 Å². The lowest BCUT2D eigenvalue weighted by atomic mass is 10.3. The number of nitrogen functional groups attached to an aromatic ring is 1. The van der Waals surface area contributed by atoms with Crippen molar-refractivity contribution < 1.29 is 17.6 Å². The highest BCUT2D eigenvalue weighted by atomic mass is 32.2. The summed E-state index contributed by atoms with van der Waals surface area (Å²) >= 11 is -0.372. The molecule has 0 radical (unpaired) electrons. The number of benzene rings is 1. The van der Waals surface area contributed by atoms with E-state index in [1.54, 1.807) is 0 Å². The first-order valence-corrected chi connectivity index (χ1v) is 4.01. The second-order valence-electron chi connectivity index (χ2n) is 2.23. The highest BCUT2D eigenvalue weighted by Crippen LogP contribution is 2.37. The second-order valence-corrected chi connectivity index (χ2v) is 3.37. The lowest BCUT2D eigenvalue weighted by Crippen LogP contribution is -1.99. The summed E-state index contributed by atoms with van der Waals surface area (Å²) in [6, 6.07) is 2.98. The fraction of sp³-hybridized carbons (Fsp3) is 0.143. The van der Waals surface area contributed by atoms with E-state index in [-0.39, 0.29) is 22.3 Å². The van der Waals surface area contributed by atoms with Gasteiger partial charge in [-0.25, -0.2) is 4.39 Å². The SMILES string of the molecule is Nc1ccc(SC(F)(F)F)cc1F. The molecule has 0 atom stereocenters. The van der Waals surface area contributed by atoms with Gasteiger partial charge in [0.05, 0.1) is 5.69 Å². The first kappa shape index (κ1) is 10.2. The Morgan fingerprint density at radius 2 is 1.85 bits per heavy atom. The number of hydrogen-bond acceptors (Lipinski definition) is 2. The van der Waals surface area contributed by atoms with Gasteiger partial charge in [0.15, 0.2) is 0 Å². The molecule has 1 nitrogen and oxygen atoms in total. The van der Waals surface area contributed by atoms with Crippen molar-refractivity contribution in [2.75, 3.05) is 5.73 Å². The van der Waals surface area contributed by atoms with E-state index < -0.39 is 11.3 Å². The van der Waals surface area contributed by atoms with Crippen molar-refractivity contribution in [2.45, 2.75) is 10.4 Å². The summed E-state index contributed by atoms with van der Waals surface area (Å²) in [4.78, 5) is -0.209. The molecule has 0 unspecified atom stereocenters. The lowest BCUT2D eigenvalue weighted by molar-refractivity contribution is -0.0328. The first-order valence-electron chi connectivity index (χ1n) is 3.19. The molecule has 0 aliphatic rings. The number of alkyl halides is 3. The van der Waals surface area contributed by atoms with Crippen LogP contribution in [0.1, 0.15) is 0 Å². The van der Waals surface area contributed by atoms with Gasteiger partial charge in [-0.1, -0.05) is 0 Å². The van der Waals surface area contributed by atoms with Crippen molar-refractivity contribution in [3.05, 3.63) is 24.0 Å². The molecule has 0 saturated carbocycles. The highest BCUT2D eigenvalue weighted by Gasteiger charge is 2.29. The molecule has 2 N–H and O–H groups in total. The van der Waals surface area contributed by atoms with E-state index in [0.717, 1.165) is 18.2 Å². The zero-order chi connectivity index (χ0) is 10.1. The molecule has 0 bridgehead atoms. The van der Waals surface area contributed by atoms with Crippen LogP contribution in [0.5, 0.6) is 0 Å². The Morgan fingerprint density at radius 1 is 1.23 bits per heavy atom. The van der Waals surface area contributed by atoms with E-state index in [9.17, 15) is 17.6 Å². The van der Waals surface area contributed by atoms with Gasteiger partial charge < -0.3 is 5.73 Å². The Morgan fingerprint density at radius 3 is 2.31 bits per heavy atom. The van der Waals surface area contributed by atoms with Crippen LogP contribution < -0.4 is 5.73 Å². The fourth-order valence-electron chi connectivity index (χ4n) is 0.705. The van der Waals surface area contributed by atoms with Crippen LogP contribution in [0.25, 0.3) is 0 Å². The smallest absolute Gasteiger partial charge is 0.396 e. The summed E-state index contributed by atoms with van der Waals surface area (Å²) in [5.74, 6) is -0.839. The molecule has 0 amide bonds. The normalized spacial score (nSPS) is 11.7. The van der Waals surface area contributed by atoms with Crippen molar-refractivity contribution in [3.8, 4) is 0 Å². The topological polar surface area (TPSA) is 26.0 Å². The maximum Gasteiger partial charge on any atom is 0.446 e. The number of hydrogen-bond donors (Lipinski definition) is 1. The summed E-state index contributed by atoms with van der Waals surface area (Å²) in [6.45, 7) is 0. The van der Waals surface area contributed by atoms with E-state index in [1.807, 2.05) is 0 Å². The molecule has 0 spiro atoms. The van der Waals surface area contributed by atoms with Crippen LogP contribution in [0.2, 0.25) is 0 Å². The Bertz CT molecular complexity index is 310. The van der Waals surface area contributed by atoms with E-state index in [4.69, 9.17) is 5.73 Å². The molecule has 72 valence electrons. The summed E-state index contributed by atoms with van der Waals surface area (Å²) in [5.41, 5.74) is 0.526. The van der Waals surface area contributed by atoms with Crippen LogP contribution in [0.15, 0.2) is 23.1 Å². The van der Waals surface area contributed by atoms with Gasteiger partial charge in [-0.3, -0.25) is 0 Å². The summed E-state index contributed by atoms with van der Waals surface area (Å²) < 4.78 is 48.0. The van der Waals surface area contributed by atoms with Crippen LogP contribution in [0.3, 0.4) is 0 Å². The molecule has 0 heterocycles. The van der Waals surface area contributed by atoms with Gasteiger partial charge >= 0.3 is 5.51 Å². The first-order chi connectivity index (χ1) is 5.88. The molecule has 1 rings (SSSR count). The van der Waals surface area contributed by atoms with Gasteiger partial charge in [-0.2, -0.15) is 13.2 Å². The summed E-state index contributed by atoms with van der Waals surface area (Å²) in [6.07, 6.45) is 0. The molecule has 0 saturated heterocycles. The number of nitrogens with two attached hydrogens (primary N) is 1. The largest absolute Gasteiger partial charge is 0.446 e.